The molecule has 4 rings (SSSR count). The van der Waals surface area contributed by atoms with Crippen LogP contribution in [0.2, 0.25) is 0 Å². The van der Waals surface area contributed by atoms with Crippen molar-refractivity contribution in [2.75, 3.05) is 20.8 Å². The third-order valence-electron chi connectivity index (χ3n) is 6.93. The molecular formula is C23H35N3O3. The summed E-state index contributed by atoms with van der Waals surface area (Å²) in [4.78, 5) is 4.46. The molecule has 1 aliphatic heterocycles. The first-order chi connectivity index (χ1) is 14.0. The molecule has 3 aliphatic rings. The van der Waals surface area contributed by atoms with E-state index in [1.807, 2.05) is 19.2 Å². The van der Waals surface area contributed by atoms with Crippen molar-refractivity contribution in [3.63, 3.8) is 0 Å². The highest BCUT2D eigenvalue weighted by Crippen LogP contribution is 2.52. The number of guanidine groups is 1. The summed E-state index contributed by atoms with van der Waals surface area (Å²) < 4.78 is 17.6. The molecule has 2 saturated carbocycles. The summed E-state index contributed by atoms with van der Waals surface area (Å²) in [5.74, 6) is 3.14. The van der Waals surface area contributed by atoms with Crippen LogP contribution in [0, 0.1) is 11.3 Å². The van der Waals surface area contributed by atoms with Crippen LogP contribution >= 0.6 is 0 Å². The molecule has 3 atom stereocenters. The lowest BCUT2D eigenvalue weighted by Crippen LogP contribution is -2.67. The molecule has 3 fully saturated rings. The fraction of sp³-hybridized carbons (Fsp3) is 0.696. The van der Waals surface area contributed by atoms with E-state index in [4.69, 9.17) is 14.2 Å². The van der Waals surface area contributed by atoms with Crippen LogP contribution in [-0.4, -0.2) is 45.0 Å². The Balaban J connectivity index is 1.40. The van der Waals surface area contributed by atoms with Crippen molar-refractivity contribution >= 4 is 5.96 Å². The van der Waals surface area contributed by atoms with Crippen molar-refractivity contribution < 1.29 is 14.2 Å². The van der Waals surface area contributed by atoms with Gasteiger partial charge in [-0.15, -0.1) is 0 Å². The first kappa shape index (κ1) is 20.3. The summed E-state index contributed by atoms with van der Waals surface area (Å²) in [6.07, 6.45) is 6.58. The number of ether oxygens (including phenoxy) is 3. The van der Waals surface area contributed by atoms with Crippen molar-refractivity contribution in [3.05, 3.63) is 23.8 Å². The molecule has 29 heavy (non-hydrogen) atoms. The largest absolute Gasteiger partial charge is 0.497 e. The van der Waals surface area contributed by atoms with Crippen molar-refractivity contribution in [3.8, 4) is 11.5 Å². The minimum absolute atomic E-state index is 0.121. The van der Waals surface area contributed by atoms with E-state index in [-0.39, 0.29) is 5.41 Å². The summed E-state index contributed by atoms with van der Waals surface area (Å²) in [5.41, 5.74) is 1.24. The molecule has 1 heterocycles. The summed E-state index contributed by atoms with van der Waals surface area (Å²) in [5, 5.41) is 7.13. The Morgan fingerprint density at radius 1 is 1.24 bits per heavy atom. The van der Waals surface area contributed by atoms with Crippen molar-refractivity contribution in [1.82, 2.24) is 10.6 Å². The van der Waals surface area contributed by atoms with Gasteiger partial charge in [-0.1, -0.05) is 13.8 Å². The zero-order valence-electron chi connectivity index (χ0n) is 18.2. The van der Waals surface area contributed by atoms with Gasteiger partial charge >= 0.3 is 0 Å². The maximum Gasteiger partial charge on any atom is 0.191 e. The Labute approximate surface area is 174 Å². The molecule has 1 aromatic rings. The number of benzene rings is 1. The monoisotopic (exact) mass is 401 g/mol. The van der Waals surface area contributed by atoms with E-state index in [0.717, 1.165) is 48.9 Å². The molecule has 6 nitrogen and oxygen atoms in total. The van der Waals surface area contributed by atoms with Crippen LogP contribution in [0.4, 0.5) is 0 Å². The zero-order valence-corrected chi connectivity index (χ0v) is 18.2. The average Bonchev–Trinajstić information content (AvgIpc) is 3.39. The van der Waals surface area contributed by atoms with Gasteiger partial charge in [0.15, 0.2) is 5.96 Å². The molecule has 160 valence electrons. The minimum atomic E-state index is 0.121. The lowest BCUT2D eigenvalue weighted by Gasteiger charge is -2.54. The Morgan fingerprint density at radius 2 is 2.03 bits per heavy atom. The van der Waals surface area contributed by atoms with Gasteiger partial charge in [-0.3, -0.25) is 4.99 Å². The molecule has 0 spiro atoms. The maximum atomic E-state index is 6.32. The van der Waals surface area contributed by atoms with Crippen LogP contribution in [0.5, 0.6) is 11.5 Å². The van der Waals surface area contributed by atoms with Crippen molar-refractivity contribution in [1.29, 1.82) is 0 Å². The standard InChI is InChI=1S/C23H35N3O3/c1-23(2)20(18-11-12-28-21(18)23)26-22(24-3)25-14-15-9-10-17(27-4)13-19(15)29-16-7-5-6-8-16/h9-10,13,16,18,20-21H,5-8,11-12,14H2,1-4H3,(H2,24,25,26). The summed E-state index contributed by atoms with van der Waals surface area (Å²) in [7, 11) is 3.52. The lowest BCUT2D eigenvalue weighted by molar-refractivity contribution is -0.106. The van der Waals surface area contributed by atoms with Crippen LogP contribution in [0.25, 0.3) is 0 Å². The molecule has 2 N–H and O–H groups in total. The predicted molar refractivity (Wildman–Crippen MR) is 115 cm³/mol. The molecular weight excluding hydrogens is 366 g/mol. The second-order valence-electron chi connectivity index (χ2n) is 9.11. The number of nitrogens with zero attached hydrogens (tertiary/aromatic N) is 1. The highest BCUT2D eigenvalue weighted by Gasteiger charge is 2.59. The van der Waals surface area contributed by atoms with Gasteiger partial charge < -0.3 is 24.8 Å². The predicted octanol–water partition coefficient (Wildman–Crippen LogP) is 3.50. The van der Waals surface area contributed by atoms with E-state index >= 15 is 0 Å². The van der Waals surface area contributed by atoms with Gasteiger partial charge in [0, 0.05) is 49.2 Å². The van der Waals surface area contributed by atoms with E-state index in [2.05, 4.69) is 35.5 Å². The third-order valence-corrected chi connectivity index (χ3v) is 6.93. The second-order valence-corrected chi connectivity index (χ2v) is 9.11. The molecule has 0 radical (unpaired) electrons. The first-order valence-corrected chi connectivity index (χ1v) is 10.9. The van der Waals surface area contributed by atoms with Gasteiger partial charge in [0.1, 0.15) is 11.5 Å². The number of nitrogens with one attached hydrogen (secondary N) is 2. The van der Waals surface area contributed by atoms with E-state index in [9.17, 15) is 0 Å². The molecule has 1 aromatic carbocycles. The van der Waals surface area contributed by atoms with E-state index in [0.29, 0.717) is 30.7 Å². The molecule has 0 bridgehead atoms. The average molecular weight is 402 g/mol. The van der Waals surface area contributed by atoms with Gasteiger partial charge in [0.2, 0.25) is 0 Å². The number of hydrogen-bond acceptors (Lipinski definition) is 4. The van der Waals surface area contributed by atoms with Gasteiger partial charge in [-0.2, -0.15) is 0 Å². The molecule has 2 aliphatic carbocycles. The molecule has 1 saturated heterocycles. The lowest BCUT2D eigenvalue weighted by atomic mass is 9.57. The SMILES string of the molecule is CN=C(NCc1ccc(OC)cc1OC1CCCC1)NC1C2CCOC2C1(C)C. The van der Waals surface area contributed by atoms with E-state index in [1.54, 1.807) is 7.11 Å². The zero-order chi connectivity index (χ0) is 20.4. The van der Waals surface area contributed by atoms with Gasteiger partial charge in [-0.25, -0.2) is 0 Å². The molecule has 0 amide bonds. The normalized spacial score (nSPS) is 28.6. The number of methoxy groups -OCH3 is 1. The molecule has 3 unspecified atom stereocenters. The summed E-state index contributed by atoms with van der Waals surface area (Å²) in [6, 6.07) is 6.45. The van der Waals surface area contributed by atoms with Crippen LogP contribution in [0.3, 0.4) is 0 Å². The molecule has 6 heteroatoms. The Bertz CT molecular complexity index is 743. The number of aliphatic imine (C=N–C) groups is 1. The highest BCUT2D eigenvalue weighted by atomic mass is 16.5. The number of fused-ring (bicyclic) bond motifs is 1. The van der Waals surface area contributed by atoms with Gasteiger partial charge in [0.05, 0.1) is 19.3 Å². The highest BCUT2D eigenvalue weighted by molar-refractivity contribution is 5.80. The van der Waals surface area contributed by atoms with Crippen LogP contribution in [0.1, 0.15) is 51.5 Å². The quantitative estimate of drug-likeness (QED) is 0.564. The van der Waals surface area contributed by atoms with Gasteiger partial charge in [0.25, 0.3) is 0 Å². The van der Waals surface area contributed by atoms with E-state index in [1.165, 1.54) is 12.8 Å². The van der Waals surface area contributed by atoms with Gasteiger partial charge in [-0.05, 0) is 44.2 Å². The van der Waals surface area contributed by atoms with Crippen molar-refractivity contribution in [2.45, 2.75) is 70.7 Å². The van der Waals surface area contributed by atoms with Crippen LogP contribution < -0.4 is 20.1 Å². The second kappa shape index (κ2) is 8.42. The fourth-order valence-electron chi connectivity index (χ4n) is 5.24. The maximum absolute atomic E-state index is 6.32. The van der Waals surface area contributed by atoms with Crippen molar-refractivity contribution in [2.24, 2.45) is 16.3 Å². The van der Waals surface area contributed by atoms with Crippen LogP contribution in [0.15, 0.2) is 23.2 Å². The fourth-order valence-corrected chi connectivity index (χ4v) is 5.24. The Morgan fingerprint density at radius 3 is 2.76 bits per heavy atom. The van der Waals surface area contributed by atoms with Crippen LogP contribution in [-0.2, 0) is 11.3 Å². The third kappa shape index (κ3) is 4.04. The molecule has 0 aromatic heterocycles. The minimum Gasteiger partial charge on any atom is -0.497 e. The smallest absolute Gasteiger partial charge is 0.191 e. The van der Waals surface area contributed by atoms with E-state index < -0.39 is 0 Å². The number of hydrogen-bond donors (Lipinski definition) is 2. The summed E-state index contributed by atoms with van der Waals surface area (Å²) in [6.45, 7) is 6.09. The summed E-state index contributed by atoms with van der Waals surface area (Å²) >= 11 is 0. The Hall–Kier alpha value is -1.95. The number of rotatable bonds is 6. The Kier molecular flexibility index (Phi) is 5.91. The topological polar surface area (TPSA) is 64.1 Å². The first-order valence-electron chi connectivity index (χ1n) is 10.9.